The molecule has 3 aromatic rings. The molecule has 0 saturated heterocycles. The summed E-state index contributed by atoms with van der Waals surface area (Å²) in [5.74, 6) is 1.55. The molecule has 0 aliphatic carbocycles. The number of thioether (sulfide) groups is 1. The quantitative estimate of drug-likeness (QED) is 0.341. The van der Waals surface area contributed by atoms with E-state index in [1.807, 2.05) is 60.0 Å². The molecule has 0 saturated carbocycles. The lowest BCUT2D eigenvalue weighted by Crippen LogP contribution is -2.26. The van der Waals surface area contributed by atoms with E-state index in [0.717, 1.165) is 23.4 Å². The predicted molar refractivity (Wildman–Crippen MR) is 123 cm³/mol. The molecule has 31 heavy (non-hydrogen) atoms. The molecule has 1 heterocycles. The molecule has 164 valence electrons. The largest absolute Gasteiger partial charge is 0.494 e. The molecular weight excluding hydrogens is 436 g/mol. The van der Waals surface area contributed by atoms with E-state index in [4.69, 9.17) is 21.1 Å². The van der Waals surface area contributed by atoms with Gasteiger partial charge in [-0.3, -0.25) is 9.36 Å². The number of nitrogens with zero attached hydrogens (tertiary/aromatic N) is 3. The van der Waals surface area contributed by atoms with Crippen LogP contribution in [0.3, 0.4) is 0 Å². The Hall–Kier alpha value is -2.55. The number of nitrogens with one attached hydrogen (secondary N) is 1. The first-order valence-electron chi connectivity index (χ1n) is 9.96. The van der Waals surface area contributed by atoms with Gasteiger partial charge in [0.2, 0.25) is 5.91 Å². The van der Waals surface area contributed by atoms with Gasteiger partial charge in [0.1, 0.15) is 5.75 Å². The molecule has 3 rings (SSSR count). The minimum Gasteiger partial charge on any atom is -0.494 e. The normalized spacial score (nSPS) is 10.8. The number of aromatic nitrogens is 3. The summed E-state index contributed by atoms with van der Waals surface area (Å²) in [7, 11) is 1.64. The molecule has 0 aliphatic rings. The zero-order valence-corrected chi connectivity index (χ0v) is 19.1. The standard InChI is InChI=1S/C22H25ClN4O3S/c1-3-30-17-11-9-16(10-12-17)27-21(18-7-4-5-8-19(18)23)25-26-22(27)31-15-20(28)24-13-6-14-29-2/h4-5,7-12H,3,6,13-15H2,1-2H3,(H,24,28). The molecule has 0 fully saturated rings. The summed E-state index contributed by atoms with van der Waals surface area (Å²) in [6.07, 6.45) is 0.770. The molecule has 0 radical (unpaired) electrons. The summed E-state index contributed by atoms with van der Waals surface area (Å²) in [5, 5.41) is 12.8. The van der Waals surface area contributed by atoms with Crippen molar-refractivity contribution in [3.8, 4) is 22.8 Å². The van der Waals surface area contributed by atoms with Gasteiger partial charge in [-0.05, 0) is 49.7 Å². The number of benzene rings is 2. The van der Waals surface area contributed by atoms with Crippen LogP contribution in [0.4, 0.5) is 0 Å². The van der Waals surface area contributed by atoms with Crippen LogP contribution < -0.4 is 10.1 Å². The molecule has 1 N–H and O–H groups in total. The van der Waals surface area contributed by atoms with Gasteiger partial charge in [0, 0.05) is 31.5 Å². The molecule has 9 heteroatoms. The fraction of sp³-hybridized carbons (Fsp3) is 0.318. The van der Waals surface area contributed by atoms with Crippen LogP contribution in [0.25, 0.3) is 17.1 Å². The third-order valence-corrected chi connectivity index (χ3v) is 5.59. The second kappa shape index (κ2) is 11.7. The van der Waals surface area contributed by atoms with Gasteiger partial charge in [0.15, 0.2) is 11.0 Å². The highest BCUT2D eigenvalue weighted by Crippen LogP contribution is 2.32. The highest BCUT2D eigenvalue weighted by Gasteiger charge is 2.19. The average Bonchev–Trinajstić information content (AvgIpc) is 3.20. The number of methoxy groups -OCH3 is 1. The third kappa shape index (κ3) is 6.22. The number of rotatable bonds is 11. The molecule has 0 aliphatic heterocycles. The maximum absolute atomic E-state index is 12.2. The van der Waals surface area contributed by atoms with Crippen molar-refractivity contribution in [2.75, 3.05) is 32.6 Å². The topological polar surface area (TPSA) is 78.3 Å². The Balaban J connectivity index is 1.85. The Kier molecular flexibility index (Phi) is 8.75. The SMILES string of the molecule is CCOc1ccc(-n2c(SCC(=O)NCCCOC)nnc2-c2ccccc2Cl)cc1. The van der Waals surface area contributed by atoms with E-state index < -0.39 is 0 Å². The molecular formula is C22H25ClN4O3S. The second-order valence-electron chi connectivity index (χ2n) is 6.53. The first-order chi connectivity index (χ1) is 15.1. The summed E-state index contributed by atoms with van der Waals surface area (Å²) >= 11 is 7.74. The van der Waals surface area contributed by atoms with Crippen molar-refractivity contribution in [3.05, 3.63) is 53.6 Å². The number of amides is 1. The number of halogens is 1. The van der Waals surface area contributed by atoms with Gasteiger partial charge >= 0.3 is 0 Å². The summed E-state index contributed by atoms with van der Waals surface area (Å²) < 4.78 is 12.4. The number of hydrogen-bond acceptors (Lipinski definition) is 6. The fourth-order valence-electron chi connectivity index (χ4n) is 2.90. The smallest absolute Gasteiger partial charge is 0.230 e. The van der Waals surface area contributed by atoms with Gasteiger partial charge in [-0.2, -0.15) is 0 Å². The minimum absolute atomic E-state index is 0.0679. The molecule has 0 spiro atoms. The van der Waals surface area contributed by atoms with Crippen LogP contribution in [0, 0.1) is 0 Å². The molecule has 1 aromatic heterocycles. The Morgan fingerprint density at radius 3 is 2.65 bits per heavy atom. The van der Waals surface area contributed by atoms with Crippen LogP contribution in [0.2, 0.25) is 5.02 Å². The van der Waals surface area contributed by atoms with Gasteiger partial charge in [-0.25, -0.2) is 0 Å². The van der Waals surface area contributed by atoms with Crippen LogP contribution in [0.5, 0.6) is 5.75 Å². The van der Waals surface area contributed by atoms with E-state index in [9.17, 15) is 4.79 Å². The maximum Gasteiger partial charge on any atom is 0.230 e. The molecule has 0 atom stereocenters. The van der Waals surface area contributed by atoms with E-state index in [1.165, 1.54) is 11.8 Å². The summed E-state index contributed by atoms with van der Waals surface area (Å²) in [4.78, 5) is 12.2. The summed E-state index contributed by atoms with van der Waals surface area (Å²) in [6.45, 7) is 3.72. The van der Waals surface area contributed by atoms with E-state index in [0.29, 0.717) is 35.8 Å². The lowest BCUT2D eigenvalue weighted by Gasteiger charge is -2.12. The number of ether oxygens (including phenoxy) is 2. The number of carbonyl (C=O) groups excluding carboxylic acids is 1. The Labute approximate surface area is 191 Å². The number of hydrogen-bond donors (Lipinski definition) is 1. The Morgan fingerprint density at radius 1 is 1.16 bits per heavy atom. The zero-order chi connectivity index (χ0) is 22.1. The zero-order valence-electron chi connectivity index (χ0n) is 17.5. The lowest BCUT2D eigenvalue weighted by atomic mass is 10.2. The fourth-order valence-corrected chi connectivity index (χ4v) is 3.90. The van der Waals surface area contributed by atoms with Crippen LogP contribution in [0.15, 0.2) is 53.7 Å². The highest BCUT2D eigenvalue weighted by atomic mass is 35.5. The maximum atomic E-state index is 12.2. The van der Waals surface area contributed by atoms with Crippen LogP contribution in [-0.4, -0.2) is 53.3 Å². The number of carbonyl (C=O) groups is 1. The summed E-state index contributed by atoms with van der Waals surface area (Å²) in [6, 6.07) is 15.1. The van der Waals surface area contributed by atoms with Crippen molar-refractivity contribution in [1.82, 2.24) is 20.1 Å². The Morgan fingerprint density at radius 2 is 1.94 bits per heavy atom. The van der Waals surface area contributed by atoms with E-state index in [-0.39, 0.29) is 11.7 Å². The predicted octanol–water partition coefficient (Wildman–Crippen LogP) is 4.23. The van der Waals surface area contributed by atoms with Crippen LogP contribution >= 0.6 is 23.4 Å². The Bertz CT molecular complexity index is 995. The minimum atomic E-state index is -0.0679. The molecule has 1 amide bonds. The molecule has 7 nitrogen and oxygen atoms in total. The van der Waals surface area contributed by atoms with Gasteiger partial charge in [0.25, 0.3) is 0 Å². The highest BCUT2D eigenvalue weighted by molar-refractivity contribution is 7.99. The van der Waals surface area contributed by atoms with Crippen molar-refractivity contribution < 1.29 is 14.3 Å². The summed E-state index contributed by atoms with van der Waals surface area (Å²) in [5.41, 5.74) is 1.62. The van der Waals surface area contributed by atoms with Crippen molar-refractivity contribution in [1.29, 1.82) is 0 Å². The van der Waals surface area contributed by atoms with Crippen LogP contribution in [-0.2, 0) is 9.53 Å². The van der Waals surface area contributed by atoms with Crippen molar-refractivity contribution >= 4 is 29.3 Å². The molecule has 0 bridgehead atoms. The van der Waals surface area contributed by atoms with Crippen molar-refractivity contribution in [2.45, 2.75) is 18.5 Å². The lowest BCUT2D eigenvalue weighted by molar-refractivity contribution is -0.118. The van der Waals surface area contributed by atoms with E-state index in [1.54, 1.807) is 7.11 Å². The van der Waals surface area contributed by atoms with Gasteiger partial charge in [-0.15, -0.1) is 10.2 Å². The first kappa shape index (κ1) is 23.1. The van der Waals surface area contributed by atoms with Gasteiger partial charge in [0.05, 0.1) is 17.4 Å². The average molecular weight is 461 g/mol. The van der Waals surface area contributed by atoms with Crippen LogP contribution in [0.1, 0.15) is 13.3 Å². The van der Waals surface area contributed by atoms with Gasteiger partial charge < -0.3 is 14.8 Å². The first-order valence-corrected chi connectivity index (χ1v) is 11.3. The second-order valence-corrected chi connectivity index (χ2v) is 7.88. The molecule has 0 unspecified atom stereocenters. The van der Waals surface area contributed by atoms with Crippen molar-refractivity contribution in [2.24, 2.45) is 0 Å². The van der Waals surface area contributed by atoms with E-state index >= 15 is 0 Å². The third-order valence-electron chi connectivity index (χ3n) is 4.33. The van der Waals surface area contributed by atoms with Crippen molar-refractivity contribution in [3.63, 3.8) is 0 Å². The van der Waals surface area contributed by atoms with Gasteiger partial charge in [-0.1, -0.05) is 35.5 Å². The molecule has 2 aromatic carbocycles. The monoisotopic (exact) mass is 460 g/mol. The van der Waals surface area contributed by atoms with E-state index in [2.05, 4.69) is 15.5 Å².